The van der Waals surface area contributed by atoms with E-state index in [0.29, 0.717) is 5.82 Å². The Morgan fingerprint density at radius 3 is 2.30 bits per heavy atom. The molecule has 1 aromatic heterocycles. The van der Waals surface area contributed by atoms with Crippen molar-refractivity contribution in [2.45, 2.75) is 39.7 Å². The number of nitrogens with zero attached hydrogens (tertiary/aromatic N) is 1. The predicted molar refractivity (Wildman–Crippen MR) is 80.1 cm³/mol. The summed E-state index contributed by atoms with van der Waals surface area (Å²) >= 11 is 0. The number of rotatable bonds is 4. The van der Waals surface area contributed by atoms with E-state index in [1.54, 1.807) is 6.07 Å². The summed E-state index contributed by atoms with van der Waals surface area (Å²) in [5.74, 6) is 1.63. The van der Waals surface area contributed by atoms with Crippen molar-refractivity contribution >= 4 is 0 Å². The maximum absolute atomic E-state index is 11.7. The van der Waals surface area contributed by atoms with Gasteiger partial charge < -0.3 is 9.72 Å². The quantitative estimate of drug-likeness (QED) is 0.928. The van der Waals surface area contributed by atoms with Gasteiger partial charge in [-0.1, -0.05) is 13.8 Å². The van der Waals surface area contributed by atoms with Crippen LogP contribution in [0.1, 0.15) is 39.3 Å². The van der Waals surface area contributed by atoms with E-state index in [0.717, 1.165) is 17.0 Å². The third-order valence-corrected chi connectivity index (χ3v) is 2.85. The van der Waals surface area contributed by atoms with Gasteiger partial charge in [0.25, 0.3) is 5.56 Å². The highest BCUT2D eigenvalue weighted by Crippen LogP contribution is 2.20. The van der Waals surface area contributed by atoms with Crippen LogP contribution >= 0.6 is 0 Å². The topological polar surface area (TPSA) is 55.0 Å². The second-order valence-electron chi connectivity index (χ2n) is 5.36. The lowest BCUT2D eigenvalue weighted by molar-refractivity contribution is 0.242. The van der Waals surface area contributed by atoms with Crippen LogP contribution in [0.4, 0.5) is 0 Å². The number of hydrogen-bond acceptors (Lipinski definition) is 3. The van der Waals surface area contributed by atoms with Gasteiger partial charge in [-0.05, 0) is 44.0 Å². The van der Waals surface area contributed by atoms with Crippen molar-refractivity contribution in [3.05, 3.63) is 46.4 Å². The Hall–Kier alpha value is -2.10. The lowest BCUT2D eigenvalue weighted by atomic mass is 10.1. The molecule has 4 nitrogen and oxygen atoms in total. The fourth-order valence-corrected chi connectivity index (χ4v) is 1.87. The third-order valence-electron chi connectivity index (χ3n) is 2.85. The van der Waals surface area contributed by atoms with Crippen LogP contribution in [0.3, 0.4) is 0 Å². The van der Waals surface area contributed by atoms with Gasteiger partial charge >= 0.3 is 0 Å². The van der Waals surface area contributed by atoms with E-state index >= 15 is 0 Å². The summed E-state index contributed by atoms with van der Waals surface area (Å²) in [6.07, 6.45) is 0.142. The van der Waals surface area contributed by atoms with Gasteiger partial charge in [0.15, 0.2) is 0 Å². The molecule has 0 atom stereocenters. The largest absolute Gasteiger partial charge is 0.491 e. The second-order valence-corrected chi connectivity index (χ2v) is 5.36. The lowest BCUT2D eigenvalue weighted by Crippen LogP contribution is -2.11. The van der Waals surface area contributed by atoms with Crippen molar-refractivity contribution in [1.82, 2.24) is 9.97 Å². The molecule has 0 fully saturated rings. The molecule has 0 aliphatic rings. The highest BCUT2D eigenvalue weighted by molar-refractivity contribution is 5.56. The summed E-state index contributed by atoms with van der Waals surface area (Å²) in [5.41, 5.74) is 1.55. The normalized spacial score (nSPS) is 11.1. The third kappa shape index (κ3) is 3.47. The average molecular weight is 272 g/mol. The summed E-state index contributed by atoms with van der Waals surface area (Å²) in [6, 6.07) is 9.12. The van der Waals surface area contributed by atoms with E-state index in [2.05, 4.69) is 9.97 Å². The van der Waals surface area contributed by atoms with Crippen LogP contribution in [0.15, 0.2) is 35.1 Å². The number of hydrogen-bond donors (Lipinski definition) is 1. The van der Waals surface area contributed by atoms with Gasteiger partial charge in [-0.3, -0.25) is 4.79 Å². The molecule has 0 aliphatic carbocycles. The summed E-state index contributed by atoms with van der Waals surface area (Å²) in [6.45, 7) is 8.01. The molecule has 4 heteroatoms. The SMILES string of the molecule is CC(C)Oc1ccc(-c2nc(C(C)C)cc(=O)[nH]2)cc1. The van der Waals surface area contributed by atoms with E-state index in [-0.39, 0.29) is 17.6 Å². The summed E-state index contributed by atoms with van der Waals surface area (Å²) in [7, 11) is 0. The van der Waals surface area contributed by atoms with Gasteiger partial charge in [0.1, 0.15) is 11.6 Å². The predicted octanol–water partition coefficient (Wildman–Crippen LogP) is 3.35. The zero-order chi connectivity index (χ0) is 14.7. The van der Waals surface area contributed by atoms with Gasteiger partial charge in [0.05, 0.1) is 11.8 Å². The summed E-state index contributed by atoms with van der Waals surface area (Å²) in [5, 5.41) is 0. The van der Waals surface area contributed by atoms with E-state index in [9.17, 15) is 4.79 Å². The van der Waals surface area contributed by atoms with Crippen LogP contribution in [-0.2, 0) is 0 Å². The highest BCUT2D eigenvalue weighted by atomic mass is 16.5. The first kappa shape index (κ1) is 14.3. The molecule has 0 spiro atoms. The lowest BCUT2D eigenvalue weighted by Gasteiger charge is -2.10. The monoisotopic (exact) mass is 272 g/mol. The summed E-state index contributed by atoms with van der Waals surface area (Å²) < 4.78 is 5.60. The zero-order valence-corrected chi connectivity index (χ0v) is 12.3. The van der Waals surface area contributed by atoms with Gasteiger partial charge in [0, 0.05) is 11.6 Å². The van der Waals surface area contributed by atoms with E-state index in [4.69, 9.17) is 4.74 Å². The van der Waals surface area contributed by atoms with Gasteiger partial charge in [0.2, 0.25) is 0 Å². The molecule has 1 aromatic carbocycles. The molecular formula is C16H20N2O2. The van der Waals surface area contributed by atoms with Crippen molar-refractivity contribution < 1.29 is 4.74 Å². The molecule has 0 unspecified atom stereocenters. The number of nitrogens with one attached hydrogen (secondary N) is 1. The number of benzene rings is 1. The maximum Gasteiger partial charge on any atom is 0.251 e. The molecule has 2 rings (SSSR count). The second kappa shape index (κ2) is 5.90. The molecule has 0 amide bonds. The highest BCUT2D eigenvalue weighted by Gasteiger charge is 2.07. The fourth-order valence-electron chi connectivity index (χ4n) is 1.87. The molecule has 0 saturated heterocycles. The van der Waals surface area contributed by atoms with Gasteiger partial charge in [-0.25, -0.2) is 4.98 Å². The minimum absolute atomic E-state index is 0.124. The minimum atomic E-state index is -0.124. The van der Waals surface area contributed by atoms with Crippen molar-refractivity contribution in [2.24, 2.45) is 0 Å². The van der Waals surface area contributed by atoms with Gasteiger partial charge in [-0.2, -0.15) is 0 Å². The molecule has 0 saturated carbocycles. The Morgan fingerprint density at radius 1 is 1.10 bits per heavy atom. The Labute approximate surface area is 118 Å². The molecule has 0 aliphatic heterocycles. The van der Waals surface area contributed by atoms with E-state index in [1.807, 2.05) is 52.0 Å². The molecular weight excluding hydrogens is 252 g/mol. The standard InChI is InChI=1S/C16H20N2O2/c1-10(2)14-9-15(19)18-16(17-14)12-5-7-13(8-6-12)20-11(3)4/h5-11H,1-4H3,(H,17,18,19). The van der Waals surface area contributed by atoms with Crippen LogP contribution in [0.2, 0.25) is 0 Å². The van der Waals surface area contributed by atoms with Crippen LogP contribution in [0, 0.1) is 0 Å². The Kier molecular flexibility index (Phi) is 4.23. The van der Waals surface area contributed by atoms with E-state index < -0.39 is 0 Å². The average Bonchev–Trinajstić information content (AvgIpc) is 2.38. The molecule has 20 heavy (non-hydrogen) atoms. The van der Waals surface area contributed by atoms with Crippen LogP contribution in [0.25, 0.3) is 11.4 Å². The molecule has 1 N–H and O–H groups in total. The van der Waals surface area contributed by atoms with Crippen molar-refractivity contribution in [3.63, 3.8) is 0 Å². The Bertz CT molecular complexity index is 628. The van der Waals surface area contributed by atoms with Gasteiger partial charge in [-0.15, -0.1) is 0 Å². The van der Waals surface area contributed by atoms with Crippen molar-refractivity contribution in [3.8, 4) is 17.1 Å². The smallest absolute Gasteiger partial charge is 0.251 e. The molecule has 2 aromatic rings. The van der Waals surface area contributed by atoms with Crippen LogP contribution in [0.5, 0.6) is 5.75 Å². The van der Waals surface area contributed by atoms with Crippen LogP contribution in [-0.4, -0.2) is 16.1 Å². The first-order valence-corrected chi connectivity index (χ1v) is 6.84. The Balaban J connectivity index is 2.34. The number of aromatic amines is 1. The molecule has 1 heterocycles. The first-order valence-electron chi connectivity index (χ1n) is 6.84. The Morgan fingerprint density at radius 2 is 1.75 bits per heavy atom. The summed E-state index contributed by atoms with van der Waals surface area (Å²) in [4.78, 5) is 19.0. The molecule has 106 valence electrons. The zero-order valence-electron chi connectivity index (χ0n) is 12.3. The first-order chi connectivity index (χ1) is 9.45. The maximum atomic E-state index is 11.7. The van der Waals surface area contributed by atoms with Crippen molar-refractivity contribution in [1.29, 1.82) is 0 Å². The number of H-pyrrole nitrogens is 1. The number of aromatic nitrogens is 2. The van der Waals surface area contributed by atoms with E-state index in [1.165, 1.54) is 0 Å². The fraction of sp³-hybridized carbons (Fsp3) is 0.375. The van der Waals surface area contributed by atoms with Crippen molar-refractivity contribution in [2.75, 3.05) is 0 Å². The number of ether oxygens (including phenoxy) is 1. The molecule has 0 radical (unpaired) electrons. The van der Waals surface area contributed by atoms with Crippen LogP contribution < -0.4 is 10.3 Å². The molecule has 0 bridgehead atoms. The minimum Gasteiger partial charge on any atom is -0.491 e.